The van der Waals surface area contributed by atoms with Gasteiger partial charge in [0.15, 0.2) is 0 Å². The highest BCUT2D eigenvalue weighted by Gasteiger charge is 2.44. The van der Waals surface area contributed by atoms with Crippen LogP contribution in [0.25, 0.3) is 11.0 Å². The first-order chi connectivity index (χ1) is 18.6. The fourth-order valence-electron chi connectivity index (χ4n) is 5.12. The van der Waals surface area contributed by atoms with Crippen molar-refractivity contribution in [3.63, 3.8) is 0 Å². The van der Waals surface area contributed by atoms with Crippen LogP contribution in [0.2, 0.25) is 0 Å². The zero-order chi connectivity index (χ0) is 27.7. The van der Waals surface area contributed by atoms with Crippen LogP contribution in [0.3, 0.4) is 0 Å². The van der Waals surface area contributed by atoms with E-state index in [9.17, 15) is 21.9 Å². The van der Waals surface area contributed by atoms with Gasteiger partial charge in [0.2, 0.25) is 20.0 Å². The Bertz CT molecular complexity index is 1510. The summed E-state index contributed by atoms with van der Waals surface area (Å²) in [5.41, 5.74) is 0.258. The number of ether oxygens (including phenoxy) is 2. The number of nitrogens with one attached hydrogen (secondary N) is 2. The van der Waals surface area contributed by atoms with Gasteiger partial charge in [0.25, 0.3) is 0 Å². The second-order valence-corrected chi connectivity index (χ2v) is 13.8. The molecule has 1 spiro atoms. The topological polar surface area (TPSA) is 147 Å². The fourth-order valence-corrected chi connectivity index (χ4v) is 7.36. The number of aliphatic hydroxyl groups excluding tert-OH is 1. The SMILES string of the molecule is CNS(=O)(=O)c1cccc(OC[C@@H](O)CNC2COC3(CCN(S(=O)(=O)c4ccc5occc5c4)CC3)C2)c1. The number of benzene rings is 2. The molecule has 0 amide bonds. The number of nitrogens with zero attached hydrogens (tertiary/aromatic N) is 1. The lowest BCUT2D eigenvalue weighted by atomic mass is 9.88. The average molecular weight is 580 g/mol. The second-order valence-electron chi connectivity index (χ2n) is 9.97. The van der Waals surface area contributed by atoms with Crippen LogP contribution >= 0.6 is 0 Å². The smallest absolute Gasteiger partial charge is 0.243 e. The Morgan fingerprint density at radius 2 is 1.90 bits per heavy atom. The molecule has 0 aliphatic carbocycles. The lowest BCUT2D eigenvalue weighted by Gasteiger charge is -2.38. The van der Waals surface area contributed by atoms with E-state index in [-0.39, 0.29) is 34.6 Å². The lowest BCUT2D eigenvalue weighted by Crippen LogP contribution is -2.47. The summed E-state index contributed by atoms with van der Waals surface area (Å²) in [6, 6.07) is 12.7. The standard InChI is InChI=1S/C26H33N3O8S2/c1-27-38(31,32)23-4-2-3-22(14-23)36-18-21(30)16-28-20-15-26(37-17-20)8-10-29(11-9-26)39(33,34)24-5-6-25-19(13-24)7-12-35-25/h2-7,12-14,20-21,27-28,30H,8-11,15-18H2,1H3/t20?,21-/m0/s1. The number of sulfonamides is 2. The summed E-state index contributed by atoms with van der Waals surface area (Å²) in [7, 11) is -5.87. The van der Waals surface area contributed by atoms with Crippen molar-refractivity contribution in [1.82, 2.24) is 14.3 Å². The maximum atomic E-state index is 13.2. The molecule has 1 aromatic heterocycles. The van der Waals surface area contributed by atoms with Gasteiger partial charge in [0.1, 0.15) is 24.0 Å². The van der Waals surface area contributed by atoms with E-state index in [1.54, 1.807) is 42.7 Å². The van der Waals surface area contributed by atoms with Crippen LogP contribution < -0.4 is 14.8 Å². The number of piperidine rings is 1. The van der Waals surface area contributed by atoms with Gasteiger partial charge in [0, 0.05) is 37.1 Å². The minimum atomic E-state index is -3.62. The second kappa shape index (κ2) is 11.2. The van der Waals surface area contributed by atoms with Crippen LogP contribution in [-0.2, 0) is 24.8 Å². The zero-order valence-electron chi connectivity index (χ0n) is 21.6. The highest BCUT2D eigenvalue weighted by atomic mass is 32.2. The molecule has 3 aromatic rings. The lowest BCUT2D eigenvalue weighted by molar-refractivity contribution is -0.0312. The van der Waals surface area contributed by atoms with Crippen molar-refractivity contribution >= 4 is 31.0 Å². The molecule has 3 heterocycles. The Labute approximate surface area is 228 Å². The third-order valence-electron chi connectivity index (χ3n) is 7.37. The number of rotatable bonds is 10. The Hall–Kier alpha value is -2.52. The normalized spacial score (nSPS) is 20.9. The summed E-state index contributed by atoms with van der Waals surface area (Å²) in [4.78, 5) is 0.340. The molecule has 212 valence electrons. The van der Waals surface area contributed by atoms with Gasteiger partial charge in [-0.3, -0.25) is 0 Å². The van der Waals surface area contributed by atoms with Gasteiger partial charge in [-0.05, 0) is 62.7 Å². The van der Waals surface area contributed by atoms with Crippen molar-refractivity contribution in [2.75, 3.05) is 39.9 Å². The summed E-state index contributed by atoms with van der Waals surface area (Å²) >= 11 is 0. The number of hydrogen-bond acceptors (Lipinski definition) is 9. The van der Waals surface area contributed by atoms with E-state index in [0.717, 1.165) is 11.8 Å². The molecule has 2 fully saturated rings. The predicted octanol–water partition coefficient (Wildman–Crippen LogP) is 1.68. The van der Waals surface area contributed by atoms with Crippen molar-refractivity contribution in [3.05, 3.63) is 54.8 Å². The minimum Gasteiger partial charge on any atom is -0.491 e. The van der Waals surface area contributed by atoms with Crippen LogP contribution in [0.4, 0.5) is 0 Å². The largest absolute Gasteiger partial charge is 0.491 e. The molecule has 2 saturated heterocycles. The van der Waals surface area contributed by atoms with Crippen LogP contribution in [0.15, 0.2) is 69.0 Å². The maximum Gasteiger partial charge on any atom is 0.243 e. The van der Waals surface area contributed by atoms with E-state index in [1.165, 1.54) is 23.5 Å². The zero-order valence-corrected chi connectivity index (χ0v) is 23.2. The van der Waals surface area contributed by atoms with Gasteiger partial charge >= 0.3 is 0 Å². The van der Waals surface area contributed by atoms with Crippen molar-refractivity contribution in [1.29, 1.82) is 0 Å². The highest BCUT2D eigenvalue weighted by Crippen LogP contribution is 2.37. The van der Waals surface area contributed by atoms with Gasteiger partial charge in [-0.1, -0.05) is 6.07 Å². The molecule has 3 N–H and O–H groups in total. The van der Waals surface area contributed by atoms with Gasteiger partial charge in [-0.15, -0.1) is 0 Å². The Balaban J connectivity index is 1.08. The molecule has 2 aliphatic rings. The minimum absolute atomic E-state index is 0.00773. The molecule has 39 heavy (non-hydrogen) atoms. The number of fused-ring (bicyclic) bond motifs is 1. The van der Waals surface area contributed by atoms with E-state index in [4.69, 9.17) is 13.9 Å². The first-order valence-corrected chi connectivity index (χ1v) is 15.7. The molecule has 0 radical (unpaired) electrons. The summed E-state index contributed by atoms with van der Waals surface area (Å²) < 4.78 is 71.2. The van der Waals surface area contributed by atoms with Gasteiger partial charge in [-0.25, -0.2) is 21.6 Å². The highest BCUT2D eigenvalue weighted by molar-refractivity contribution is 7.89. The quantitative estimate of drug-likeness (QED) is 0.326. The molecule has 2 aliphatic heterocycles. The first kappa shape index (κ1) is 28.0. The molecule has 2 aromatic carbocycles. The van der Waals surface area contributed by atoms with Gasteiger partial charge < -0.3 is 24.3 Å². The third-order valence-corrected chi connectivity index (χ3v) is 10.7. The molecule has 0 bridgehead atoms. The monoisotopic (exact) mass is 579 g/mol. The van der Waals surface area contributed by atoms with Gasteiger partial charge in [0.05, 0.1) is 28.3 Å². The fraction of sp³-hybridized carbons (Fsp3) is 0.462. The van der Waals surface area contributed by atoms with Crippen molar-refractivity contribution in [2.45, 2.75) is 46.8 Å². The summed E-state index contributed by atoms with van der Waals surface area (Å²) in [6.45, 7) is 1.48. The number of hydrogen-bond donors (Lipinski definition) is 3. The molecular weight excluding hydrogens is 546 g/mol. The van der Waals surface area contributed by atoms with Crippen molar-refractivity contribution in [2.24, 2.45) is 0 Å². The summed E-state index contributed by atoms with van der Waals surface area (Å²) in [5, 5.41) is 14.5. The maximum absolute atomic E-state index is 13.2. The molecule has 1 unspecified atom stereocenters. The molecule has 5 rings (SSSR count). The molecule has 11 nitrogen and oxygen atoms in total. The van der Waals surface area contributed by atoms with E-state index in [0.29, 0.717) is 43.9 Å². The number of aliphatic hydroxyl groups is 1. The summed E-state index contributed by atoms with van der Waals surface area (Å²) in [5.74, 6) is 0.347. The predicted molar refractivity (Wildman–Crippen MR) is 143 cm³/mol. The summed E-state index contributed by atoms with van der Waals surface area (Å²) in [6.07, 6.45) is 2.63. The molecule has 2 atom stereocenters. The van der Waals surface area contributed by atoms with E-state index < -0.39 is 26.2 Å². The van der Waals surface area contributed by atoms with E-state index in [1.807, 2.05) is 0 Å². The average Bonchev–Trinajstić information content (AvgIpc) is 3.58. The third kappa shape index (κ3) is 6.14. The molecular formula is C26H33N3O8S2. The van der Waals surface area contributed by atoms with Crippen LogP contribution in [0.1, 0.15) is 19.3 Å². The first-order valence-electron chi connectivity index (χ1n) is 12.8. The Morgan fingerprint density at radius 3 is 2.67 bits per heavy atom. The van der Waals surface area contributed by atoms with Gasteiger partial charge in [-0.2, -0.15) is 4.31 Å². The Morgan fingerprint density at radius 1 is 1.10 bits per heavy atom. The molecule has 0 saturated carbocycles. The van der Waals surface area contributed by atoms with Crippen LogP contribution in [0, 0.1) is 0 Å². The van der Waals surface area contributed by atoms with Crippen LogP contribution in [-0.4, -0.2) is 83.9 Å². The van der Waals surface area contributed by atoms with Crippen molar-refractivity contribution < 1.29 is 35.8 Å². The molecule has 13 heteroatoms. The van der Waals surface area contributed by atoms with Crippen LogP contribution in [0.5, 0.6) is 5.75 Å². The number of furan rings is 1. The van der Waals surface area contributed by atoms with E-state index in [2.05, 4.69) is 10.0 Å². The van der Waals surface area contributed by atoms with Crippen molar-refractivity contribution in [3.8, 4) is 5.75 Å². The van der Waals surface area contributed by atoms with E-state index >= 15 is 0 Å². The Kier molecular flexibility index (Phi) is 8.02.